The molecular weight excluding hydrogens is 374 g/mol. The van der Waals surface area contributed by atoms with Crippen molar-refractivity contribution in [1.29, 1.82) is 0 Å². The third kappa shape index (κ3) is 5.43. The van der Waals surface area contributed by atoms with Gasteiger partial charge in [0.2, 0.25) is 15.9 Å². The lowest BCUT2D eigenvalue weighted by atomic mass is 10.1. The van der Waals surface area contributed by atoms with Crippen molar-refractivity contribution in [1.82, 2.24) is 14.6 Å². The number of fused-ring (bicyclic) bond motifs is 1. The molecule has 1 aromatic heterocycles. The van der Waals surface area contributed by atoms with Crippen LogP contribution in [0.1, 0.15) is 17.5 Å². The van der Waals surface area contributed by atoms with E-state index in [1.165, 1.54) is 10.6 Å². The zero-order chi connectivity index (χ0) is 20.0. The van der Waals surface area contributed by atoms with Crippen molar-refractivity contribution in [3.05, 3.63) is 71.9 Å². The molecule has 0 unspecified atom stereocenters. The molecule has 28 heavy (non-hydrogen) atoms. The first-order valence-corrected chi connectivity index (χ1v) is 11.1. The molecule has 0 spiro atoms. The van der Waals surface area contributed by atoms with Crippen molar-refractivity contribution in [2.75, 3.05) is 19.3 Å². The van der Waals surface area contributed by atoms with E-state index in [0.717, 1.165) is 22.0 Å². The third-order valence-corrected chi connectivity index (χ3v) is 6.00. The van der Waals surface area contributed by atoms with E-state index in [-0.39, 0.29) is 18.9 Å². The molecule has 1 heterocycles. The average Bonchev–Trinajstić information content (AvgIpc) is 3.09. The Balaban J connectivity index is 1.54. The summed E-state index contributed by atoms with van der Waals surface area (Å²) in [4.78, 5) is 15.3. The minimum atomic E-state index is -3.39. The summed E-state index contributed by atoms with van der Waals surface area (Å²) in [6, 6.07) is 17.5. The van der Waals surface area contributed by atoms with Gasteiger partial charge in [-0.3, -0.25) is 4.79 Å². The number of rotatable bonds is 9. The van der Waals surface area contributed by atoms with Gasteiger partial charge in [0, 0.05) is 43.2 Å². The second-order valence-electron chi connectivity index (χ2n) is 6.78. The minimum absolute atomic E-state index is 0.133. The molecule has 1 amide bonds. The minimum Gasteiger partial charge on any atom is -0.361 e. The van der Waals surface area contributed by atoms with Gasteiger partial charge in [-0.25, -0.2) is 12.7 Å². The Morgan fingerprint density at radius 1 is 1.04 bits per heavy atom. The topological polar surface area (TPSA) is 82.3 Å². The standard InChI is InChI=1S/C21H25N3O3S/c1-28(26,27)24(13-11-18-16-22-20-10-6-5-9-19(18)20)14-12-21(25)23-15-17-7-3-2-4-8-17/h2-10,16,22H,11-15H2,1H3,(H,23,25). The summed E-state index contributed by atoms with van der Waals surface area (Å²) in [6.45, 7) is 0.947. The maximum Gasteiger partial charge on any atom is 0.221 e. The van der Waals surface area contributed by atoms with Crippen molar-refractivity contribution in [3.63, 3.8) is 0 Å². The number of sulfonamides is 1. The summed E-state index contributed by atoms with van der Waals surface area (Å²) in [7, 11) is -3.39. The summed E-state index contributed by atoms with van der Waals surface area (Å²) in [5, 5.41) is 3.93. The van der Waals surface area contributed by atoms with Crippen molar-refractivity contribution < 1.29 is 13.2 Å². The second kappa shape index (κ2) is 9.03. The number of nitrogens with zero attached hydrogens (tertiary/aromatic N) is 1. The van der Waals surface area contributed by atoms with Crippen molar-refractivity contribution in [2.24, 2.45) is 0 Å². The molecule has 148 valence electrons. The van der Waals surface area contributed by atoms with E-state index in [1.54, 1.807) is 0 Å². The predicted molar refractivity (Wildman–Crippen MR) is 111 cm³/mol. The normalized spacial score (nSPS) is 11.8. The summed E-state index contributed by atoms with van der Waals surface area (Å²) in [5.41, 5.74) is 3.11. The number of carbonyl (C=O) groups excluding carboxylic acids is 1. The van der Waals surface area contributed by atoms with Crippen molar-refractivity contribution in [2.45, 2.75) is 19.4 Å². The molecule has 6 nitrogen and oxygen atoms in total. The molecule has 0 saturated heterocycles. The highest BCUT2D eigenvalue weighted by Crippen LogP contribution is 2.18. The Bertz CT molecular complexity index is 1030. The summed E-state index contributed by atoms with van der Waals surface area (Å²) in [6.07, 6.45) is 3.82. The highest BCUT2D eigenvalue weighted by Gasteiger charge is 2.18. The molecule has 0 atom stereocenters. The lowest BCUT2D eigenvalue weighted by molar-refractivity contribution is -0.121. The van der Waals surface area contributed by atoms with Crippen LogP contribution in [-0.2, 0) is 27.8 Å². The van der Waals surface area contributed by atoms with Gasteiger partial charge < -0.3 is 10.3 Å². The number of carbonyl (C=O) groups is 1. The number of para-hydroxylation sites is 1. The van der Waals surface area contributed by atoms with E-state index >= 15 is 0 Å². The Hall–Kier alpha value is -2.64. The van der Waals surface area contributed by atoms with Gasteiger partial charge in [-0.2, -0.15) is 0 Å². The van der Waals surface area contributed by atoms with E-state index in [4.69, 9.17) is 0 Å². The number of amides is 1. The van der Waals surface area contributed by atoms with Crippen LogP contribution >= 0.6 is 0 Å². The zero-order valence-corrected chi connectivity index (χ0v) is 16.7. The highest BCUT2D eigenvalue weighted by atomic mass is 32.2. The van der Waals surface area contributed by atoms with Gasteiger partial charge in [0.15, 0.2) is 0 Å². The summed E-state index contributed by atoms with van der Waals surface area (Å²) < 4.78 is 25.6. The van der Waals surface area contributed by atoms with Crippen LogP contribution in [0, 0.1) is 0 Å². The van der Waals surface area contributed by atoms with Crippen LogP contribution in [0.5, 0.6) is 0 Å². The van der Waals surface area contributed by atoms with Crippen LogP contribution in [0.3, 0.4) is 0 Å². The largest absolute Gasteiger partial charge is 0.361 e. The summed E-state index contributed by atoms with van der Waals surface area (Å²) in [5.74, 6) is -0.162. The number of hydrogen-bond donors (Lipinski definition) is 2. The second-order valence-corrected chi connectivity index (χ2v) is 8.77. The number of benzene rings is 2. The van der Waals surface area contributed by atoms with Gasteiger partial charge in [-0.1, -0.05) is 48.5 Å². The van der Waals surface area contributed by atoms with Gasteiger partial charge in [0.05, 0.1) is 6.26 Å². The van der Waals surface area contributed by atoms with E-state index in [0.29, 0.717) is 19.5 Å². The molecule has 3 rings (SSSR count). The van der Waals surface area contributed by atoms with Crippen LogP contribution < -0.4 is 5.32 Å². The number of aromatic amines is 1. The van der Waals surface area contributed by atoms with Crippen LogP contribution in [-0.4, -0.2) is 43.0 Å². The lowest BCUT2D eigenvalue weighted by Gasteiger charge is -2.19. The van der Waals surface area contributed by atoms with E-state index in [2.05, 4.69) is 10.3 Å². The fourth-order valence-corrected chi connectivity index (χ4v) is 3.98. The van der Waals surface area contributed by atoms with Gasteiger partial charge >= 0.3 is 0 Å². The predicted octanol–water partition coefficient (Wildman–Crippen LogP) is 2.68. The Kier molecular flexibility index (Phi) is 6.49. The Morgan fingerprint density at radius 2 is 1.75 bits per heavy atom. The monoisotopic (exact) mass is 399 g/mol. The first-order chi connectivity index (χ1) is 13.4. The molecule has 3 aromatic rings. The zero-order valence-electron chi connectivity index (χ0n) is 15.9. The molecular formula is C21H25N3O3S. The van der Waals surface area contributed by atoms with Crippen molar-refractivity contribution >= 4 is 26.8 Å². The van der Waals surface area contributed by atoms with E-state index in [1.807, 2.05) is 60.8 Å². The van der Waals surface area contributed by atoms with Gasteiger partial charge in [0.25, 0.3) is 0 Å². The van der Waals surface area contributed by atoms with Gasteiger partial charge in [0.1, 0.15) is 0 Å². The molecule has 2 N–H and O–H groups in total. The highest BCUT2D eigenvalue weighted by molar-refractivity contribution is 7.88. The maximum atomic E-state index is 12.1. The average molecular weight is 400 g/mol. The van der Waals surface area contributed by atoms with E-state index < -0.39 is 10.0 Å². The summed E-state index contributed by atoms with van der Waals surface area (Å²) >= 11 is 0. The number of hydrogen-bond acceptors (Lipinski definition) is 3. The van der Waals surface area contributed by atoms with Crippen LogP contribution in [0.15, 0.2) is 60.8 Å². The molecule has 0 fully saturated rings. The molecule has 0 radical (unpaired) electrons. The third-order valence-electron chi connectivity index (χ3n) is 4.70. The SMILES string of the molecule is CS(=O)(=O)N(CCC(=O)NCc1ccccc1)CCc1c[nH]c2ccccc12. The first-order valence-electron chi connectivity index (χ1n) is 9.24. The molecule has 0 aliphatic heterocycles. The molecule has 2 aromatic carbocycles. The number of H-pyrrole nitrogens is 1. The van der Waals surface area contributed by atoms with Crippen LogP contribution in [0.2, 0.25) is 0 Å². The Morgan fingerprint density at radius 3 is 2.50 bits per heavy atom. The van der Waals surface area contributed by atoms with Crippen LogP contribution in [0.4, 0.5) is 0 Å². The molecule has 0 aliphatic rings. The van der Waals surface area contributed by atoms with E-state index in [9.17, 15) is 13.2 Å². The van der Waals surface area contributed by atoms with Crippen molar-refractivity contribution in [3.8, 4) is 0 Å². The fourth-order valence-electron chi connectivity index (χ4n) is 3.14. The molecule has 0 saturated carbocycles. The first kappa shape index (κ1) is 20.1. The lowest BCUT2D eigenvalue weighted by Crippen LogP contribution is -2.35. The Labute approximate surface area is 165 Å². The number of aromatic nitrogens is 1. The number of nitrogens with one attached hydrogen (secondary N) is 2. The fraction of sp³-hybridized carbons (Fsp3) is 0.286. The molecule has 0 bridgehead atoms. The molecule has 0 aliphatic carbocycles. The van der Waals surface area contributed by atoms with Gasteiger partial charge in [-0.05, 0) is 23.6 Å². The van der Waals surface area contributed by atoms with Crippen LogP contribution in [0.25, 0.3) is 10.9 Å². The smallest absolute Gasteiger partial charge is 0.221 e. The molecule has 7 heteroatoms. The van der Waals surface area contributed by atoms with Gasteiger partial charge in [-0.15, -0.1) is 0 Å². The maximum absolute atomic E-state index is 12.1. The quantitative estimate of drug-likeness (QED) is 0.580.